The van der Waals surface area contributed by atoms with Gasteiger partial charge in [0.25, 0.3) is 10.0 Å². The maximum absolute atomic E-state index is 12.1. The van der Waals surface area contributed by atoms with E-state index in [0.29, 0.717) is 6.42 Å². The first kappa shape index (κ1) is 15.6. The van der Waals surface area contributed by atoms with Crippen molar-refractivity contribution in [2.75, 3.05) is 14.1 Å². The van der Waals surface area contributed by atoms with Crippen molar-refractivity contribution in [2.24, 2.45) is 5.92 Å². The van der Waals surface area contributed by atoms with E-state index in [0.717, 1.165) is 0 Å². The fourth-order valence-electron chi connectivity index (χ4n) is 1.62. The van der Waals surface area contributed by atoms with Crippen molar-refractivity contribution < 1.29 is 13.2 Å². The summed E-state index contributed by atoms with van der Waals surface area (Å²) in [7, 11) is -0.561. The van der Waals surface area contributed by atoms with Crippen LogP contribution >= 0.6 is 0 Å². The minimum absolute atomic E-state index is 0.0483. The number of rotatable bonds is 6. The number of amides is 1. The van der Waals surface area contributed by atoms with Gasteiger partial charge in [0, 0.05) is 14.1 Å². The Balaban J connectivity index is 2.92. The third-order valence-corrected chi connectivity index (χ3v) is 3.90. The Morgan fingerprint density at radius 1 is 1.47 bits per heavy atom. The molecule has 1 amide bonds. The molecule has 0 spiro atoms. The van der Waals surface area contributed by atoms with Gasteiger partial charge in [-0.1, -0.05) is 13.8 Å². The second-order valence-corrected chi connectivity index (χ2v) is 6.63. The first-order valence-electron chi connectivity index (χ1n) is 5.96. The van der Waals surface area contributed by atoms with Gasteiger partial charge in [-0.15, -0.1) is 0 Å². The van der Waals surface area contributed by atoms with Crippen LogP contribution in [0.4, 0.5) is 0 Å². The molecule has 0 saturated heterocycles. The number of aromatic nitrogens is 2. The molecule has 0 aromatic carbocycles. The third-order valence-electron chi connectivity index (χ3n) is 2.51. The van der Waals surface area contributed by atoms with Crippen LogP contribution in [0, 0.1) is 5.92 Å². The number of H-pyrrole nitrogens is 1. The van der Waals surface area contributed by atoms with Crippen LogP contribution in [0.5, 0.6) is 0 Å². The molecule has 7 nitrogen and oxygen atoms in total. The quantitative estimate of drug-likeness (QED) is 0.781. The van der Waals surface area contributed by atoms with E-state index in [1.807, 2.05) is 13.8 Å². The topological polar surface area (TPSA) is 95.2 Å². The largest absolute Gasteiger partial charge is 0.347 e. The molecule has 1 aromatic heterocycles. The standard InChI is InChI=1S/C11H20N4O3S/c1-8(2)5-9(11(16)15(3)4)14-19(17,18)10-6-12-7-13-10/h6-9,14H,5H2,1-4H3,(H,12,13). The summed E-state index contributed by atoms with van der Waals surface area (Å²) in [5.41, 5.74) is 0. The van der Waals surface area contributed by atoms with Gasteiger partial charge in [0.05, 0.1) is 12.5 Å². The predicted molar refractivity (Wildman–Crippen MR) is 70.8 cm³/mol. The fraction of sp³-hybridized carbons (Fsp3) is 0.636. The van der Waals surface area contributed by atoms with Gasteiger partial charge in [0.1, 0.15) is 6.04 Å². The zero-order chi connectivity index (χ0) is 14.6. The zero-order valence-corrected chi connectivity index (χ0v) is 12.4. The van der Waals surface area contributed by atoms with Crippen LogP contribution in [0.3, 0.4) is 0 Å². The van der Waals surface area contributed by atoms with Crippen LogP contribution in [-0.2, 0) is 14.8 Å². The molecule has 2 N–H and O–H groups in total. The summed E-state index contributed by atoms with van der Waals surface area (Å²) in [6.45, 7) is 3.86. The molecule has 0 aliphatic rings. The first-order valence-corrected chi connectivity index (χ1v) is 7.44. The Kier molecular flexibility index (Phi) is 5.07. The molecule has 108 valence electrons. The third kappa shape index (κ3) is 4.32. The molecule has 0 aliphatic carbocycles. The molecule has 0 fully saturated rings. The van der Waals surface area contributed by atoms with Crippen molar-refractivity contribution in [3.63, 3.8) is 0 Å². The predicted octanol–water partition coefficient (Wildman–Crippen LogP) is 0.191. The van der Waals surface area contributed by atoms with Crippen LogP contribution in [-0.4, -0.2) is 49.3 Å². The molecule has 1 aromatic rings. The molecule has 8 heteroatoms. The highest BCUT2D eigenvalue weighted by molar-refractivity contribution is 7.89. The number of carbonyl (C=O) groups excluding carboxylic acids is 1. The Labute approximate surface area is 113 Å². The van der Waals surface area contributed by atoms with Gasteiger partial charge in [-0.25, -0.2) is 13.4 Å². The summed E-state index contributed by atoms with van der Waals surface area (Å²) in [6, 6.07) is -0.775. The number of carbonyl (C=O) groups is 1. The summed E-state index contributed by atoms with van der Waals surface area (Å²) in [4.78, 5) is 19.6. The highest BCUT2D eigenvalue weighted by atomic mass is 32.2. The number of nitrogens with zero attached hydrogens (tertiary/aromatic N) is 2. The number of likely N-dealkylation sites (N-methyl/N-ethyl adjacent to an activating group) is 1. The van der Waals surface area contributed by atoms with E-state index in [1.165, 1.54) is 17.4 Å². The molecule has 1 unspecified atom stereocenters. The van der Waals surface area contributed by atoms with E-state index in [2.05, 4.69) is 14.7 Å². The van der Waals surface area contributed by atoms with Crippen molar-refractivity contribution >= 4 is 15.9 Å². The van der Waals surface area contributed by atoms with E-state index in [9.17, 15) is 13.2 Å². The van der Waals surface area contributed by atoms with E-state index < -0.39 is 16.1 Å². The minimum atomic E-state index is -3.76. The summed E-state index contributed by atoms with van der Waals surface area (Å²) in [5, 5.41) is -0.0483. The molecule has 0 bridgehead atoms. The highest BCUT2D eigenvalue weighted by Crippen LogP contribution is 2.11. The van der Waals surface area contributed by atoms with E-state index >= 15 is 0 Å². The van der Waals surface area contributed by atoms with Gasteiger partial charge in [-0.05, 0) is 12.3 Å². The second-order valence-electron chi connectivity index (χ2n) is 4.95. The summed E-state index contributed by atoms with van der Waals surface area (Å²) in [6.07, 6.45) is 2.92. The Hall–Kier alpha value is -1.41. The molecule has 19 heavy (non-hydrogen) atoms. The highest BCUT2D eigenvalue weighted by Gasteiger charge is 2.28. The van der Waals surface area contributed by atoms with E-state index in [-0.39, 0.29) is 16.9 Å². The van der Waals surface area contributed by atoms with Crippen LogP contribution in [0.1, 0.15) is 20.3 Å². The van der Waals surface area contributed by atoms with Gasteiger partial charge in [0.2, 0.25) is 5.91 Å². The zero-order valence-electron chi connectivity index (χ0n) is 11.5. The fourth-order valence-corrected chi connectivity index (χ4v) is 2.73. The van der Waals surface area contributed by atoms with E-state index in [1.54, 1.807) is 14.1 Å². The molecule has 1 heterocycles. The second kappa shape index (κ2) is 6.16. The first-order chi connectivity index (χ1) is 8.74. The van der Waals surface area contributed by atoms with Crippen LogP contribution in [0.25, 0.3) is 0 Å². The van der Waals surface area contributed by atoms with Gasteiger partial charge in [-0.3, -0.25) is 4.79 Å². The van der Waals surface area contributed by atoms with Crippen molar-refractivity contribution in [1.82, 2.24) is 19.6 Å². The lowest BCUT2D eigenvalue weighted by atomic mass is 10.0. The Morgan fingerprint density at radius 2 is 2.11 bits per heavy atom. The minimum Gasteiger partial charge on any atom is -0.347 e. The lowest BCUT2D eigenvalue weighted by molar-refractivity contribution is -0.130. The molecular weight excluding hydrogens is 268 g/mol. The molecule has 0 aliphatic heterocycles. The average molecular weight is 288 g/mol. The molecular formula is C11H20N4O3S. The lowest BCUT2D eigenvalue weighted by Gasteiger charge is -2.22. The number of aromatic amines is 1. The molecule has 0 radical (unpaired) electrons. The van der Waals surface area contributed by atoms with Gasteiger partial charge < -0.3 is 9.88 Å². The summed E-state index contributed by atoms with van der Waals surface area (Å²) >= 11 is 0. The Morgan fingerprint density at radius 3 is 2.53 bits per heavy atom. The van der Waals surface area contributed by atoms with Gasteiger partial charge >= 0.3 is 0 Å². The maximum Gasteiger partial charge on any atom is 0.258 e. The number of imidazole rings is 1. The van der Waals surface area contributed by atoms with Gasteiger partial charge in [-0.2, -0.15) is 4.72 Å². The monoisotopic (exact) mass is 288 g/mol. The molecule has 1 atom stereocenters. The smallest absolute Gasteiger partial charge is 0.258 e. The SMILES string of the molecule is CC(C)CC(NS(=O)(=O)c1cnc[nH]1)C(=O)N(C)C. The number of nitrogens with one attached hydrogen (secondary N) is 2. The summed E-state index contributed by atoms with van der Waals surface area (Å²) < 4.78 is 26.5. The molecule has 0 saturated carbocycles. The van der Waals surface area contributed by atoms with Gasteiger partial charge in [0.15, 0.2) is 5.03 Å². The van der Waals surface area contributed by atoms with Crippen molar-refractivity contribution in [2.45, 2.75) is 31.3 Å². The van der Waals surface area contributed by atoms with Crippen molar-refractivity contribution in [3.05, 3.63) is 12.5 Å². The van der Waals surface area contributed by atoms with Crippen LogP contribution < -0.4 is 4.72 Å². The number of hydrogen-bond donors (Lipinski definition) is 2. The normalized spacial score (nSPS) is 13.5. The maximum atomic E-state index is 12.1. The number of hydrogen-bond acceptors (Lipinski definition) is 4. The lowest BCUT2D eigenvalue weighted by Crippen LogP contribution is -2.46. The molecule has 1 rings (SSSR count). The van der Waals surface area contributed by atoms with Crippen LogP contribution in [0.2, 0.25) is 0 Å². The average Bonchev–Trinajstić information content (AvgIpc) is 2.79. The number of sulfonamides is 1. The summed E-state index contributed by atoms with van der Waals surface area (Å²) in [5.74, 6) is -0.0739. The van der Waals surface area contributed by atoms with E-state index in [4.69, 9.17) is 0 Å². The van der Waals surface area contributed by atoms with Crippen molar-refractivity contribution in [1.29, 1.82) is 0 Å². The van der Waals surface area contributed by atoms with Crippen molar-refractivity contribution in [3.8, 4) is 0 Å². The Bertz CT molecular complexity index is 508. The van der Waals surface area contributed by atoms with Crippen LogP contribution in [0.15, 0.2) is 17.6 Å².